The Morgan fingerprint density at radius 3 is 2.54 bits per heavy atom. The third-order valence-corrected chi connectivity index (χ3v) is 5.56. The van der Waals surface area contributed by atoms with Crippen molar-refractivity contribution in [1.29, 1.82) is 0 Å². The molecule has 0 aliphatic heterocycles. The number of aryl methyl sites for hydroxylation is 3. The molecule has 0 amide bonds. The summed E-state index contributed by atoms with van der Waals surface area (Å²) in [4.78, 5) is 6.97. The highest BCUT2D eigenvalue weighted by Crippen LogP contribution is 2.28. The van der Waals surface area contributed by atoms with Gasteiger partial charge in [0.1, 0.15) is 0 Å². The van der Waals surface area contributed by atoms with Crippen molar-refractivity contribution in [3.05, 3.63) is 56.7 Å². The molecule has 1 aromatic carbocycles. The fourth-order valence-electron chi connectivity index (χ4n) is 2.48. The molecule has 24 heavy (non-hydrogen) atoms. The summed E-state index contributed by atoms with van der Waals surface area (Å²) in [6.07, 6.45) is 0. The van der Waals surface area contributed by atoms with Gasteiger partial charge in [0.15, 0.2) is 5.11 Å². The second kappa shape index (κ2) is 7.42. The molecular weight excluding hydrogens is 354 g/mol. The summed E-state index contributed by atoms with van der Waals surface area (Å²) in [5, 5.41) is 10.4. The van der Waals surface area contributed by atoms with Gasteiger partial charge in [-0.1, -0.05) is 6.07 Å². The number of thiophene rings is 1. The minimum absolute atomic E-state index is 0.638. The lowest BCUT2D eigenvalue weighted by Crippen LogP contribution is -2.27. The Labute approximate surface area is 155 Å². The van der Waals surface area contributed by atoms with E-state index in [1.54, 1.807) is 22.7 Å². The molecule has 0 aliphatic carbocycles. The maximum absolute atomic E-state index is 5.40. The summed E-state index contributed by atoms with van der Waals surface area (Å²) in [6, 6.07) is 10.6. The lowest BCUT2D eigenvalue weighted by Gasteiger charge is -2.11. The van der Waals surface area contributed by atoms with E-state index in [0.717, 1.165) is 16.4 Å². The zero-order chi connectivity index (χ0) is 17.1. The number of nitrogens with one attached hydrogen (secondary N) is 2. The van der Waals surface area contributed by atoms with Crippen LogP contribution in [0.1, 0.15) is 21.0 Å². The smallest absolute Gasteiger partial charge is 0.171 e. The van der Waals surface area contributed by atoms with Crippen LogP contribution in [0.5, 0.6) is 0 Å². The van der Waals surface area contributed by atoms with Gasteiger partial charge in [-0.2, -0.15) is 0 Å². The first-order valence-corrected chi connectivity index (χ1v) is 9.74. The maximum Gasteiger partial charge on any atom is 0.171 e. The van der Waals surface area contributed by atoms with E-state index in [4.69, 9.17) is 12.2 Å². The molecule has 0 spiro atoms. The predicted octanol–water partition coefficient (Wildman–Crippen LogP) is 5.28. The van der Waals surface area contributed by atoms with Crippen molar-refractivity contribution >= 4 is 45.7 Å². The molecule has 2 N–H and O–H groups in total. The number of thiocarbonyl (C=S) groups is 1. The number of hydrogen-bond acceptors (Lipinski definition) is 4. The summed E-state index contributed by atoms with van der Waals surface area (Å²) >= 11 is 8.82. The van der Waals surface area contributed by atoms with Gasteiger partial charge in [0, 0.05) is 15.9 Å². The molecule has 124 valence electrons. The van der Waals surface area contributed by atoms with Crippen molar-refractivity contribution in [3.8, 4) is 10.6 Å². The second-order valence-corrected chi connectivity index (χ2v) is 8.34. The first-order chi connectivity index (χ1) is 11.5. The Bertz CT molecular complexity index is 844. The van der Waals surface area contributed by atoms with Crippen molar-refractivity contribution in [2.75, 3.05) is 5.32 Å². The Morgan fingerprint density at radius 1 is 1.12 bits per heavy atom. The molecule has 0 fully saturated rings. The van der Waals surface area contributed by atoms with Crippen LogP contribution in [0, 0.1) is 20.8 Å². The summed E-state index contributed by atoms with van der Waals surface area (Å²) < 4.78 is 0. The predicted molar refractivity (Wildman–Crippen MR) is 109 cm³/mol. The standard InChI is InChI=1S/C18H19N3S3/c1-11-6-12(2)8-14(7-11)21-18(22)19-9-15-4-5-17(24-15)16-10-23-13(3)20-16/h4-8,10H,9H2,1-3H3,(H2,19,21,22). The van der Waals surface area contributed by atoms with E-state index in [1.807, 2.05) is 6.92 Å². The van der Waals surface area contributed by atoms with Crippen molar-refractivity contribution in [3.63, 3.8) is 0 Å². The Hall–Kier alpha value is -1.76. The number of rotatable bonds is 4. The number of anilines is 1. The summed E-state index contributed by atoms with van der Waals surface area (Å²) in [5.74, 6) is 0. The number of nitrogens with zero attached hydrogens (tertiary/aromatic N) is 1. The largest absolute Gasteiger partial charge is 0.358 e. The van der Waals surface area contributed by atoms with Gasteiger partial charge in [-0.3, -0.25) is 0 Å². The van der Waals surface area contributed by atoms with E-state index in [-0.39, 0.29) is 0 Å². The van der Waals surface area contributed by atoms with E-state index in [0.29, 0.717) is 11.7 Å². The van der Waals surface area contributed by atoms with Crippen molar-refractivity contribution in [2.24, 2.45) is 0 Å². The van der Waals surface area contributed by atoms with Crippen LogP contribution >= 0.6 is 34.9 Å². The Morgan fingerprint density at radius 2 is 1.88 bits per heavy atom. The van der Waals surface area contributed by atoms with Crippen molar-refractivity contribution in [2.45, 2.75) is 27.3 Å². The number of hydrogen-bond donors (Lipinski definition) is 2. The van der Waals surface area contributed by atoms with E-state index in [9.17, 15) is 0 Å². The topological polar surface area (TPSA) is 37.0 Å². The van der Waals surface area contributed by atoms with E-state index < -0.39 is 0 Å². The van der Waals surface area contributed by atoms with Gasteiger partial charge in [-0.25, -0.2) is 4.98 Å². The third kappa shape index (κ3) is 4.41. The lowest BCUT2D eigenvalue weighted by atomic mass is 10.1. The second-order valence-electron chi connectivity index (χ2n) is 5.70. The highest BCUT2D eigenvalue weighted by atomic mass is 32.1. The van der Waals surface area contributed by atoms with Gasteiger partial charge >= 0.3 is 0 Å². The first kappa shape index (κ1) is 17.1. The summed E-state index contributed by atoms with van der Waals surface area (Å²) in [7, 11) is 0. The molecule has 3 nitrogen and oxygen atoms in total. The SMILES string of the molecule is Cc1cc(C)cc(NC(=S)NCc2ccc(-c3csc(C)n3)s2)c1. The summed E-state index contributed by atoms with van der Waals surface area (Å²) in [5.41, 5.74) is 4.53. The Balaban J connectivity index is 1.57. The van der Waals surface area contributed by atoms with Crippen LogP contribution in [-0.2, 0) is 6.54 Å². The zero-order valence-corrected chi connectivity index (χ0v) is 16.3. The van der Waals surface area contributed by atoms with Gasteiger partial charge in [-0.05, 0) is 68.4 Å². The van der Waals surface area contributed by atoms with Crippen LogP contribution in [0.15, 0.2) is 35.7 Å². The normalized spacial score (nSPS) is 10.6. The van der Waals surface area contributed by atoms with Crippen LogP contribution in [-0.4, -0.2) is 10.1 Å². The average molecular weight is 374 g/mol. The first-order valence-electron chi connectivity index (χ1n) is 7.64. The van der Waals surface area contributed by atoms with Crippen molar-refractivity contribution < 1.29 is 0 Å². The van der Waals surface area contributed by atoms with Gasteiger partial charge in [0.2, 0.25) is 0 Å². The fourth-order valence-corrected chi connectivity index (χ4v) is 4.26. The van der Waals surface area contributed by atoms with E-state index in [1.165, 1.54) is 20.9 Å². The molecule has 0 aliphatic rings. The molecule has 0 saturated carbocycles. The van der Waals surface area contributed by atoms with Gasteiger partial charge in [0.05, 0.1) is 22.1 Å². The fraction of sp³-hybridized carbons (Fsp3) is 0.222. The number of thiazole rings is 1. The van der Waals surface area contributed by atoms with E-state index >= 15 is 0 Å². The molecular formula is C18H19N3S3. The van der Waals surface area contributed by atoms with Gasteiger partial charge in [-0.15, -0.1) is 22.7 Å². The van der Waals surface area contributed by atoms with Crippen molar-refractivity contribution in [1.82, 2.24) is 10.3 Å². The van der Waals surface area contributed by atoms with Gasteiger partial charge < -0.3 is 10.6 Å². The minimum atomic E-state index is 0.638. The minimum Gasteiger partial charge on any atom is -0.358 e. The third-order valence-electron chi connectivity index (χ3n) is 3.44. The molecule has 0 bridgehead atoms. The molecule has 2 heterocycles. The summed E-state index contributed by atoms with van der Waals surface area (Å²) in [6.45, 7) is 6.91. The maximum atomic E-state index is 5.40. The quantitative estimate of drug-likeness (QED) is 0.610. The average Bonchev–Trinajstić information content (AvgIpc) is 3.12. The highest BCUT2D eigenvalue weighted by Gasteiger charge is 2.07. The highest BCUT2D eigenvalue weighted by molar-refractivity contribution is 7.80. The lowest BCUT2D eigenvalue weighted by molar-refractivity contribution is 0.946. The van der Waals surface area contributed by atoms with Crippen LogP contribution < -0.4 is 10.6 Å². The molecule has 0 radical (unpaired) electrons. The van der Waals surface area contributed by atoms with Crippen LogP contribution in [0.3, 0.4) is 0 Å². The monoisotopic (exact) mass is 373 g/mol. The van der Waals surface area contributed by atoms with Gasteiger partial charge in [0.25, 0.3) is 0 Å². The van der Waals surface area contributed by atoms with Crippen LogP contribution in [0.25, 0.3) is 10.6 Å². The zero-order valence-electron chi connectivity index (χ0n) is 13.8. The molecule has 6 heteroatoms. The number of benzene rings is 1. The van der Waals surface area contributed by atoms with Crippen LogP contribution in [0.4, 0.5) is 5.69 Å². The van der Waals surface area contributed by atoms with E-state index in [2.05, 4.69) is 65.2 Å². The molecule has 3 aromatic rings. The molecule has 0 saturated heterocycles. The molecule has 0 atom stereocenters. The molecule has 0 unspecified atom stereocenters. The molecule has 3 rings (SSSR count). The number of aromatic nitrogens is 1. The molecule has 2 aromatic heterocycles. The van der Waals surface area contributed by atoms with Crippen LogP contribution in [0.2, 0.25) is 0 Å². The Kier molecular flexibility index (Phi) is 5.28.